The van der Waals surface area contributed by atoms with Crippen LogP contribution >= 0.6 is 0 Å². The minimum absolute atomic E-state index is 0.0636. The molecule has 156 valence electrons. The molecule has 1 aromatic heterocycles. The van der Waals surface area contributed by atoms with E-state index in [-0.39, 0.29) is 17.3 Å². The molecule has 9 heteroatoms. The molecule has 30 heavy (non-hydrogen) atoms. The lowest BCUT2D eigenvalue weighted by Crippen LogP contribution is -2.38. The highest BCUT2D eigenvalue weighted by atomic mass is 19.2. The zero-order valence-corrected chi connectivity index (χ0v) is 16.6. The van der Waals surface area contributed by atoms with Gasteiger partial charge in [-0.05, 0) is 68.8 Å². The summed E-state index contributed by atoms with van der Waals surface area (Å²) < 4.78 is 39.7. The normalized spacial score (nSPS) is 12.0. The smallest absolute Gasteiger partial charge is 0.258 e. The number of aromatic amines is 1. The Morgan fingerprint density at radius 1 is 1.00 bits per heavy atom. The highest BCUT2D eigenvalue weighted by Crippen LogP contribution is 2.20. The second-order valence-corrected chi connectivity index (χ2v) is 7.51. The summed E-state index contributed by atoms with van der Waals surface area (Å²) in [5.41, 5.74) is 0.725. The van der Waals surface area contributed by atoms with Crippen LogP contribution in [0.1, 0.15) is 31.1 Å². The molecule has 0 atom stereocenters. The summed E-state index contributed by atoms with van der Waals surface area (Å²) in [5, 5.41) is 12.4. The first-order valence-electron chi connectivity index (χ1n) is 9.05. The molecule has 1 heterocycles. The summed E-state index contributed by atoms with van der Waals surface area (Å²) in [5.74, 6) is -2.76. The first-order chi connectivity index (χ1) is 14.1. The minimum atomic E-state index is -1.12. The highest BCUT2D eigenvalue weighted by Gasteiger charge is 2.16. The van der Waals surface area contributed by atoms with Crippen LogP contribution < -0.4 is 10.6 Å². The van der Waals surface area contributed by atoms with Gasteiger partial charge in [0.05, 0.1) is 11.2 Å². The Bertz CT molecular complexity index is 1080. The van der Waals surface area contributed by atoms with Crippen LogP contribution in [0.4, 0.5) is 19.0 Å². The van der Waals surface area contributed by atoms with Crippen molar-refractivity contribution in [3.63, 3.8) is 0 Å². The van der Waals surface area contributed by atoms with Gasteiger partial charge in [0.25, 0.3) is 5.91 Å². The van der Waals surface area contributed by atoms with E-state index in [0.29, 0.717) is 11.5 Å². The van der Waals surface area contributed by atoms with Crippen LogP contribution in [-0.4, -0.2) is 27.6 Å². The lowest BCUT2D eigenvalue weighted by Gasteiger charge is -2.17. The third-order valence-electron chi connectivity index (χ3n) is 3.84. The SMILES string of the molecule is CC(C)(C)N=C(NC(=O)c1ccc(F)c(F)c1)Nc1cc(-c2ccc(F)cc2)[nH]n1. The van der Waals surface area contributed by atoms with Crippen molar-refractivity contribution in [2.24, 2.45) is 4.99 Å². The summed E-state index contributed by atoms with van der Waals surface area (Å²) in [6, 6.07) is 10.4. The van der Waals surface area contributed by atoms with Gasteiger partial charge in [0, 0.05) is 11.6 Å². The van der Waals surface area contributed by atoms with Crippen molar-refractivity contribution in [3.05, 3.63) is 71.5 Å². The van der Waals surface area contributed by atoms with E-state index in [9.17, 15) is 18.0 Å². The largest absolute Gasteiger partial charge is 0.309 e. The molecule has 2 aromatic carbocycles. The zero-order valence-electron chi connectivity index (χ0n) is 16.6. The number of nitrogens with zero attached hydrogens (tertiary/aromatic N) is 2. The molecule has 3 N–H and O–H groups in total. The van der Waals surface area contributed by atoms with E-state index in [1.165, 1.54) is 18.2 Å². The van der Waals surface area contributed by atoms with Crippen LogP contribution in [0.25, 0.3) is 11.3 Å². The zero-order chi connectivity index (χ0) is 21.9. The number of aliphatic imine (C=N–C) groups is 1. The fraction of sp³-hybridized carbons (Fsp3) is 0.190. The maximum atomic E-state index is 13.4. The number of amides is 1. The Hall–Kier alpha value is -3.62. The molecule has 0 saturated carbocycles. The first-order valence-corrected chi connectivity index (χ1v) is 9.05. The molecule has 0 aliphatic carbocycles. The molecule has 0 radical (unpaired) electrons. The van der Waals surface area contributed by atoms with Crippen LogP contribution in [0.3, 0.4) is 0 Å². The molecule has 0 spiro atoms. The van der Waals surface area contributed by atoms with Gasteiger partial charge in [-0.25, -0.2) is 18.2 Å². The number of nitrogens with one attached hydrogen (secondary N) is 3. The van der Waals surface area contributed by atoms with E-state index >= 15 is 0 Å². The van der Waals surface area contributed by atoms with Crippen LogP contribution in [0.2, 0.25) is 0 Å². The number of hydrogen-bond acceptors (Lipinski definition) is 3. The topological polar surface area (TPSA) is 82.2 Å². The third kappa shape index (κ3) is 5.47. The molecular formula is C21H20F3N5O. The molecule has 3 aromatic rings. The molecule has 0 aliphatic rings. The van der Waals surface area contributed by atoms with Crippen LogP contribution in [-0.2, 0) is 0 Å². The Morgan fingerprint density at radius 2 is 1.70 bits per heavy atom. The Balaban J connectivity index is 1.81. The van der Waals surface area contributed by atoms with Crippen molar-refractivity contribution in [2.45, 2.75) is 26.3 Å². The average Bonchev–Trinajstić information content (AvgIpc) is 3.11. The maximum Gasteiger partial charge on any atom is 0.258 e. The summed E-state index contributed by atoms with van der Waals surface area (Å²) >= 11 is 0. The number of aromatic nitrogens is 2. The number of carbonyl (C=O) groups is 1. The van der Waals surface area contributed by atoms with E-state index in [4.69, 9.17) is 0 Å². The Labute approximate surface area is 171 Å². The lowest BCUT2D eigenvalue weighted by atomic mass is 10.1. The number of anilines is 1. The number of H-pyrrole nitrogens is 1. The molecule has 6 nitrogen and oxygen atoms in total. The van der Waals surface area contributed by atoms with Crippen molar-refractivity contribution < 1.29 is 18.0 Å². The van der Waals surface area contributed by atoms with Gasteiger partial charge in [-0.3, -0.25) is 15.2 Å². The summed E-state index contributed by atoms with van der Waals surface area (Å²) in [6.07, 6.45) is 0. The summed E-state index contributed by atoms with van der Waals surface area (Å²) in [7, 11) is 0. The number of halogens is 3. The van der Waals surface area contributed by atoms with Gasteiger partial charge < -0.3 is 5.32 Å². The fourth-order valence-corrected chi connectivity index (χ4v) is 2.52. The van der Waals surface area contributed by atoms with E-state index in [0.717, 1.165) is 17.7 Å². The van der Waals surface area contributed by atoms with Crippen LogP contribution in [0, 0.1) is 17.5 Å². The van der Waals surface area contributed by atoms with Crippen molar-refractivity contribution in [2.75, 3.05) is 5.32 Å². The number of hydrogen-bond donors (Lipinski definition) is 3. The summed E-state index contributed by atoms with van der Waals surface area (Å²) in [6.45, 7) is 5.48. The van der Waals surface area contributed by atoms with Gasteiger partial charge in [0.1, 0.15) is 5.82 Å². The average molecular weight is 415 g/mol. The molecule has 0 bridgehead atoms. The first kappa shape index (κ1) is 21.1. The second kappa shape index (κ2) is 8.40. The minimum Gasteiger partial charge on any atom is -0.309 e. The van der Waals surface area contributed by atoms with E-state index in [1.807, 2.05) is 20.8 Å². The number of carbonyl (C=O) groups excluding carboxylic acids is 1. The van der Waals surface area contributed by atoms with Gasteiger partial charge in [-0.2, -0.15) is 5.10 Å². The molecular weight excluding hydrogens is 395 g/mol. The predicted octanol–water partition coefficient (Wildman–Crippen LogP) is 4.49. The molecule has 3 rings (SSSR count). The van der Waals surface area contributed by atoms with Gasteiger partial charge in [0.2, 0.25) is 5.96 Å². The molecule has 0 unspecified atom stereocenters. The van der Waals surface area contributed by atoms with E-state index < -0.39 is 23.1 Å². The van der Waals surface area contributed by atoms with Gasteiger partial charge in [-0.1, -0.05) is 0 Å². The molecule has 0 aliphatic heterocycles. The lowest BCUT2D eigenvalue weighted by molar-refractivity contribution is 0.0976. The number of benzene rings is 2. The molecule has 0 saturated heterocycles. The molecule has 1 amide bonds. The Kier molecular flexibility index (Phi) is 5.91. The van der Waals surface area contributed by atoms with Crippen molar-refractivity contribution in [1.82, 2.24) is 15.5 Å². The van der Waals surface area contributed by atoms with Crippen molar-refractivity contribution in [1.29, 1.82) is 0 Å². The van der Waals surface area contributed by atoms with Gasteiger partial charge >= 0.3 is 0 Å². The maximum absolute atomic E-state index is 13.4. The quantitative estimate of drug-likeness (QED) is 0.435. The fourth-order valence-electron chi connectivity index (χ4n) is 2.52. The van der Waals surface area contributed by atoms with Crippen molar-refractivity contribution in [3.8, 4) is 11.3 Å². The van der Waals surface area contributed by atoms with Crippen LogP contribution in [0.5, 0.6) is 0 Å². The third-order valence-corrected chi connectivity index (χ3v) is 3.84. The standard InChI is InChI=1S/C21H20F3N5O/c1-21(2,3)27-20(26-19(30)13-6-9-15(23)16(24)10-13)25-18-11-17(28-29-18)12-4-7-14(22)8-5-12/h4-11H,1-3H3,(H3,25,26,27,28,29,30). The Morgan fingerprint density at radius 3 is 2.33 bits per heavy atom. The van der Waals surface area contributed by atoms with Gasteiger partial charge in [-0.15, -0.1) is 0 Å². The van der Waals surface area contributed by atoms with E-state index in [1.54, 1.807) is 18.2 Å². The van der Waals surface area contributed by atoms with Crippen molar-refractivity contribution >= 4 is 17.7 Å². The molecule has 0 fully saturated rings. The number of rotatable bonds is 3. The number of guanidine groups is 1. The monoisotopic (exact) mass is 415 g/mol. The van der Waals surface area contributed by atoms with Gasteiger partial charge in [0.15, 0.2) is 17.5 Å². The summed E-state index contributed by atoms with van der Waals surface area (Å²) in [4.78, 5) is 16.9. The highest BCUT2D eigenvalue weighted by molar-refractivity contribution is 6.09. The predicted molar refractivity (Wildman–Crippen MR) is 109 cm³/mol. The second-order valence-electron chi connectivity index (χ2n) is 7.51. The van der Waals surface area contributed by atoms with Crippen LogP contribution in [0.15, 0.2) is 53.5 Å². The van der Waals surface area contributed by atoms with E-state index in [2.05, 4.69) is 25.8 Å².